The SMILES string of the molecule is CC(C)(C)[Si](C)(C)Cc1c(O)ccc2ccccc12. The zero-order valence-corrected chi connectivity index (χ0v) is 13.6. The molecule has 0 saturated heterocycles. The number of hydrogen-bond donors (Lipinski definition) is 1. The third kappa shape index (κ3) is 2.69. The Bertz CT molecular complexity index is 594. The number of hydrogen-bond acceptors (Lipinski definition) is 1. The molecule has 2 aromatic carbocycles. The number of phenolic OH excluding ortho intramolecular Hbond substituents is 1. The van der Waals surface area contributed by atoms with Gasteiger partial charge in [-0.25, -0.2) is 0 Å². The van der Waals surface area contributed by atoms with E-state index in [2.05, 4.69) is 58.1 Å². The number of fused-ring (bicyclic) bond motifs is 1. The van der Waals surface area contributed by atoms with Gasteiger partial charge in [0.2, 0.25) is 0 Å². The van der Waals surface area contributed by atoms with Crippen LogP contribution in [-0.4, -0.2) is 13.2 Å². The van der Waals surface area contributed by atoms with Crippen molar-refractivity contribution in [3.8, 4) is 5.75 Å². The Morgan fingerprint density at radius 2 is 1.63 bits per heavy atom. The Balaban J connectivity index is 2.54. The van der Waals surface area contributed by atoms with E-state index in [0.29, 0.717) is 10.8 Å². The molecule has 0 aromatic heterocycles. The maximum atomic E-state index is 10.3. The molecule has 0 spiro atoms. The maximum absolute atomic E-state index is 10.3. The van der Waals surface area contributed by atoms with E-state index >= 15 is 0 Å². The topological polar surface area (TPSA) is 20.2 Å². The van der Waals surface area contributed by atoms with Crippen LogP contribution < -0.4 is 0 Å². The van der Waals surface area contributed by atoms with Gasteiger partial charge in [-0.15, -0.1) is 0 Å². The summed E-state index contributed by atoms with van der Waals surface area (Å²) >= 11 is 0. The molecule has 0 radical (unpaired) electrons. The van der Waals surface area contributed by atoms with Gasteiger partial charge in [0.05, 0.1) is 8.07 Å². The largest absolute Gasteiger partial charge is 0.508 e. The molecule has 0 heterocycles. The molecule has 1 N–H and O–H groups in total. The Morgan fingerprint density at radius 3 is 2.26 bits per heavy atom. The smallest absolute Gasteiger partial charge is 0.119 e. The fourth-order valence-electron chi connectivity index (χ4n) is 2.22. The van der Waals surface area contributed by atoms with Gasteiger partial charge in [-0.1, -0.05) is 64.2 Å². The highest BCUT2D eigenvalue weighted by molar-refractivity contribution is 6.79. The molecular weight excluding hydrogens is 248 g/mol. The van der Waals surface area contributed by atoms with Gasteiger partial charge < -0.3 is 5.11 Å². The van der Waals surface area contributed by atoms with E-state index in [1.165, 1.54) is 10.8 Å². The summed E-state index contributed by atoms with van der Waals surface area (Å²) in [5.41, 5.74) is 1.13. The summed E-state index contributed by atoms with van der Waals surface area (Å²) in [5, 5.41) is 13.0. The van der Waals surface area contributed by atoms with Crippen LogP contribution in [0, 0.1) is 0 Å². The predicted octanol–water partition coefficient (Wildman–Crippen LogP) is 5.14. The molecule has 0 aliphatic carbocycles. The first-order valence-electron chi connectivity index (χ1n) is 6.92. The van der Waals surface area contributed by atoms with Crippen LogP contribution >= 0.6 is 0 Å². The molecule has 0 amide bonds. The van der Waals surface area contributed by atoms with Crippen LogP contribution in [0.2, 0.25) is 18.1 Å². The number of rotatable bonds is 2. The van der Waals surface area contributed by atoms with Gasteiger partial charge in [0, 0.05) is 0 Å². The lowest BCUT2D eigenvalue weighted by Gasteiger charge is -2.37. The van der Waals surface area contributed by atoms with Crippen LogP contribution in [0.15, 0.2) is 36.4 Å². The summed E-state index contributed by atoms with van der Waals surface area (Å²) in [7, 11) is -1.45. The number of phenols is 1. The fraction of sp³-hybridized carbons (Fsp3) is 0.412. The molecule has 102 valence electrons. The quantitative estimate of drug-likeness (QED) is 0.751. The molecule has 0 saturated carbocycles. The molecule has 2 aromatic rings. The van der Waals surface area contributed by atoms with Crippen molar-refractivity contribution in [1.82, 2.24) is 0 Å². The number of aromatic hydroxyl groups is 1. The summed E-state index contributed by atoms with van der Waals surface area (Å²) in [5.74, 6) is 0.448. The molecule has 2 rings (SSSR count). The Kier molecular flexibility index (Phi) is 3.48. The molecule has 1 nitrogen and oxygen atoms in total. The molecule has 0 unspecified atom stereocenters. The molecule has 0 aliphatic rings. The van der Waals surface area contributed by atoms with Crippen molar-refractivity contribution in [2.24, 2.45) is 0 Å². The van der Waals surface area contributed by atoms with E-state index in [4.69, 9.17) is 0 Å². The highest BCUT2D eigenvalue weighted by atomic mass is 28.3. The van der Waals surface area contributed by atoms with Crippen molar-refractivity contribution >= 4 is 18.8 Å². The third-order valence-corrected chi connectivity index (χ3v) is 9.96. The summed E-state index contributed by atoms with van der Waals surface area (Å²) < 4.78 is 0. The van der Waals surface area contributed by atoms with Crippen LogP contribution in [0.3, 0.4) is 0 Å². The van der Waals surface area contributed by atoms with Crippen LogP contribution in [0.5, 0.6) is 5.75 Å². The third-order valence-electron chi connectivity index (χ3n) is 4.66. The summed E-state index contributed by atoms with van der Waals surface area (Å²) in [4.78, 5) is 0. The van der Waals surface area contributed by atoms with E-state index in [0.717, 1.165) is 11.6 Å². The van der Waals surface area contributed by atoms with Crippen LogP contribution in [0.4, 0.5) is 0 Å². The Labute approximate surface area is 117 Å². The predicted molar refractivity (Wildman–Crippen MR) is 86.5 cm³/mol. The Morgan fingerprint density at radius 1 is 1.00 bits per heavy atom. The highest BCUT2D eigenvalue weighted by Crippen LogP contribution is 2.40. The first-order valence-corrected chi connectivity index (χ1v) is 10.1. The van der Waals surface area contributed by atoms with Gasteiger partial charge in [0.15, 0.2) is 0 Å². The standard InChI is InChI=1S/C17H24OSi/c1-17(2,3)19(4,5)12-15-14-9-7-6-8-13(14)10-11-16(15)18/h6-11,18H,12H2,1-5H3. The van der Waals surface area contributed by atoms with Crippen molar-refractivity contribution in [2.75, 3.05) is 0 Å². The fourth-order valence-corrected chi connectivity index (χ4v) is 4.00. The average Bonchev–Trinajstić information content (AvgIpc) is 2.31. The molecule has 19 heavy (non-hydrogen) atoms. The first kappa shape index (κ1) is 14.1. The van der Waals surface area contributed by atoms with Gasteiger partial charge in [0.25, 0.3) is 0 Å². The maximum Gasteiger partial charge on any atom is 0.119 e. The summed E-state index contributed by atoms with van der Waals surface area (Å²) in [6, 6.07) is 13.2. The van der Waals surface area contributed by atoms with E-state index in [9.17, 15) is 5.11 Å². The van der Waals surface area contributed by atoms with E-state index in [-0.39, 0.29) is 0 Å². The second-order valence-electron chi connectivity index (χ2n) is 7.10. The van der Waals surface area contributed by atoms with E-state index < -0.39 is 8.07 Å². The van der Waals surface area contributed by atoms with Gasteiger partial charge in [0.1, 0.15) is 5.75 Å². The van der Waals surface area contributed by atoms with Crippen molar-refractivity contribution in [3.05, 3.63) is 42.0 Å². The lowest BCUT2D eigenvalue weighted by Crippen LogP contribution is -2.40. The second kappa shape index (κ2) is 4.68. The van der Waals surface area contributed by atoms with Crippen molar-refractivity contribution < 1.29 is 5.11 Å². The van der Waals surface area contributed by atoms with Crippen molar-refractivity contribution in [1.29, 1.82) is 0 Å². The van der Waals surface area contributed by atoms with E-state index in [1.54, 1.807) is 0 Å². The molecule has 0 atom stereocenters. The van der Waals surface area contributed by atoms with Crippen LogP contribution in [0.1, 0.15) is 26.3 Å². The lowest BCUT2D eigenvalue weighted by molar-refractivity contribution is 0.471. The first-order chi connectivity index (χ1) is 8.72. The second-order valence-corrected chi connectivity index (χ2v) is 12.7. The molecular formula is C17H24OSi. The van der Waals surface area contributed by atoms with Crippen LogP contribution in [-0.2, 0) is 6.04 Å². The molecule has 0 bridgehead atoms. The van der Waals surface area contributed by atoms with Gasteiger partial charge in [-0.3, -0.25) is 0 Å². The average molecular weight is 272 g/mol. The van der Waals surface area contributed by atoms with E-state index in [1.807, 2.05) is 12.1 Å². The molecule has 2 heteroatoms. The number of benzene rings is 2. The van der Waals surface area contributed by atoms with Gasteiger partial charge >= 0.3 is 0 Å². The minimum atomic E-state index is -1.45. The minimum absolute atomic E-state index is 0.330. The van der Waals surface area contributed by atoms with Gasteiger partial charge in [-0.05, 0) is 33.5 Å². The normalized spacial score (nSPS) is 12.9. The van der Waals surface area contributed by atoms with Crippen molar-refractivity contribution in [3.63, 3.8) is 0 Å². The van der Waals surface area contributed by atoms with Crippen LogP contribution in [0.25, 0.3) is 10.8 Å². The van der Waals surface area contributed by atoms with Gasteiger partial charge in [-0.2, -0.15) is 0 Å². The molecule has 0 aliphatic heterocycles. The summed E-state index contributed by atoms with van der Waals surface area (Å²) in [6.45, 7) is 11.8. The summed E-state index contributed by atoms with van der Waals surface area (Å²) in [6.07, 6.45) is 0. The Hall–Kier alpha value is -1.28. The molecule has 0 fully saturated rings. The van der Waals surface area contributed by atoms with Crippen molar-refractivity contribution in [2.45, 2.75) is 44.9 Å². The highest BCUT2D eigenvalue weighted by Gasteiger charge is 2.35. The minimum Gasteiger partial charge on any atom is -0.508 e. The zero-order chi connectivity index (χ0) is 14.3. The zero-order valence-electron chi connectivity index (χ0n) is 12.6. The monoisotopic (exact) mass is 272 g/mol. The lowest BCUT2D eigenvalue weighted by atomic mass is 10.0.